The van der Waals surface area contributed by atoms with Crippen molar-refractivity contribution < 1.29 is 4.74 Å². The second kappa shape index (κ2) is 12.9. The molecule has 0 fully saturated rings. The van der Waals surface area contributed by atoms with Gasteiger partial charge >= 0.3 is 0 Å². The van der Waals surface area contributed by atoms with Gasteiger partial charge in [-0.3, -0.25) is 0 Å². The van der Waals surface area contributed by atoms with Crippen LogP contribution in [-0.2, 0) is 5.41 Å². The van der Waals surface area contributed by atoms with Crippen molar-refractivity contribution in [1.82, 2.24) is 15.0 Å². The maximum Gasteiger partial charge on any atom is 0.164 e. The van der Waals surface area contributed by atoms with Crippen molar-refractivity contribution in [2.75, 3.05) is 0 Å². The summed E-state index contributed by atoms with van der Waals surface area (Å²) in [6.07, 6.45) is 0. The number of hydrogen-bond donors (Lipinski definition) is 0. The molecule has 5 heteroatoms. The molecule has 0 atom stereocenters. The molecule has 0 amide bonds. The van der Waals surface area contributed by atoms with Gasteiger partial charge in [0.25, 0.3) is 0 Å². The van der Waals surface area contributed by atoms with Crippen molar-refractivity contribution in [2.24, 2.45) is 0 Å². The highest BCUT2D eigenvalue weighted by Gasteiger charge is 2.45. The molecular weight excluding hydrogens is 637 g/mol. The highest BCUT2D eigenvalue weighted by atomic mass is 16.5. The normalized spacial score (nSPS) is 12.5. The van der Waals surface area contributed by atoms with Gasteiger partial charge in [0, 0.05) is 27.8 Å². The molecule has 0 unspecified atom stereocenters. The lowest BCUT2D eigenvalue weighted by Gasteiger charge is -2.41. The maximum atomic E-state index is 9.59. The molecule has 0 aliphatic carbocycles. The summed E-state index contributed by atoms with van der Waals surface area (Å²) in [5.41, 5.74) is 8.96. The standard InChI is InChI=1S/C47H30N4O/c48-31-32-14-12-18-36(28-32)45-49-44(33-15-4-1-5-16-33)50-46(51-45)37-19-13-17-34(29-37)35-26-27-43-41(30-35)47(38-20-6-2-7-21-38,39-22-8-3-9-23-39)40-24-10-11-25-42(40)52-43/h1-30H. The summed E-state index contributed by atoms with van der Waals surface area (Å²) in [7, 11) is 0. The Morgan fingerprint density at radius 1 is 0.404 bits per heavy atom. The van der Waals surface area contributed by atoms with Gasteiger partial charge < -0.3 is 4.74 Å². The van der Waals surface area contributed by atoms with Crippen LogP contribution in [-0.4, -0.2) is 15.0 Å². The van der Waals surface area contributed by atoms with Gasteiger partial charge in [0.1, 0.15) is 11.5 Å². The molecular formula is C47H30N4O. The van der Waals surface area contributed by atoms with E-state index in [2.05, 4.69) is 115 Å². The van der Waals surface area contributed by atoms with E-state index in [0.29, 0.717) is 23.0 Å². The first-order valence-corrected chi connectivity index (χ1v) is 17.2. The van der Waals surface area contributed by atoms with Crippen LogP contribution in [0, 0.1) is 11.3 Å². The van der Waals surface area contributed by atoms with Gasteiger partial charge in [-0.1, -0.05) is 146 Å². The van der Waals surface area contributed by atoms with Crippen LogP contribution in [0.3, 0.4) is 0 Å². The van der Waals surface area contributed by atoms with Crippen molar-refractivity contribution in [3.05, 3.63) is 210 Å². The number of hydrogen-bond acceptors (Lipinski definition) is 5. The minimum Gasteiger partial charge on any atom is -0.457 e. The van der Waals surface area contributed by atoms with Crippen molar-refractivity contribution in [1.29, 1.82) is 5.26 Å². The van der Waals surface area contributed by atoms with Crippen LogP contribution in [0.4, 0.5) is 0 Å². The number of nitriles is 1. The predicted molar refractivity (Wildman–Crippen MR) is 205 cm³/mol. The van der Waals surface area contributed by atoms with E-state index < -0.39 is 5.41 Å². The summed E-state index contributed by atoms with van der Waals surface area (Å²) in [6.45, 7) is 0. The van der Waals surface area contributed by atoms with E-state index in [0.717, 1.165) is 61.6 Å². The third-order valence-electron chi connectivity index (χ3n) is 9.68. The molecule has 8 aromatic rings. The third kappa shape index (κ3) is 5.31. The fourth-order valence-corrected chi connectivity index (χ4v) is 7.30. The molecule has 52 heavy (non-hydrogen) atoms. The summed E-state index contributed by atoms with van der Waals surface area (Å²) >= 11 is 0. The van der Waals surface area contributed by atoms with Crippen LogP contribution in [0.2, 0.25) is 0 Å². The number of benzene rings is 7. The fraction of sp³-hybridized carbons (Fsp3) is 0.0213. The number of nitrogens with zero attached hydrogens (tertiary/aromatic N) is 4. The molecule has 0 saturated heterocycles. The lowest BCUT2D eigenvalue weighted by molar-refractivity contribution is 0.434. The maximum absolute atomic E-state index is 9.59. The first kappa shape index (κ1) is 30.9. The highest BCUT2D eigenvalue weighted by Crippen LogP contribution is 2.55. The molecule has 0 bridgehead atoms. The number of rotatable bonds is 6. The Morgan fingerprint density at radius 3 is 1.58 bits per heavy atom. The number of aromatic nitrogens is 3. The Hall–Kier alpha value is -7.16. The Bertz CT molecular complexity index is 2580. The Kier molecular flexibility index (Phi) is 7.68. The number of fused-ring (bicyclic) bond motifs is 2. The van der Waals surface area contributed by atoms with Crippen LogP contribution in [0.25, 0.3) is 45.3 Å². The van der Waals surface area contributed by atoms with Crippen molar-refractivity contribution >= 4 is 0 Å². The van der Waals surface area contributed by atoms with Gasteiger partial charge in [-0.05, 0) is 58.7 Å². The molecule has 0 radical (unpaired) electrons. The SMILES string of the molecule is N#Cc1cccc(-c2nc(-c3ccccc3)nc(-c3cccc(-c4ccc5c(c4)C(c4ccccc4)(c4ccccc4)c4ccccc4O5)c3)n2)c1. The zero-order valence-corrected chi connectivity index (χ0v) is 28.0. The van der Waals surface area contributed by atoms with E-state index in [-0.39, 0.29) is 0 Å². The van der Waals surface area contributed by atoms with E-state index >= 15 is 0 Å². The number of para-hydroxylation sites is 1. The first-order valence-electron chi connectivity index (χ1n) is 17.2. The minimum absolute atomic E-state index is 0.506. The smallest absolute Gasteiger partial charge is 0.164 e. The van der Waals surface area contributed by atoms with Crippen LogP contribution >= 0.6 is 0 Å². The summed E-state index contributed by atoms with van der Waals surface area (Å²) in [4.78, 5) is 14.8. The van der Waals surface area contributed by atoms with E-state index in [1.807, 2.05) is 66.7 Å². The zero-order chi connectivity index (χ0) is 34.9. The molecule has 7 aromatic carbocycles. The van der Waals surface area contributed by atoms with Gasteiger partial charge in [0.2, 0.25) is 0 Å². The van der Waals surface area contributed by atoms with Gasteiger partial charge in [-0.2, -0.15) is 5.26 Å². The van der Waals surface area contributed by atoms with Gasteiger partial charge in [0.05, 0.1) is 17.0 Å². The first-order chi connectivity index (χ1) is 25.7. The Morgan fingerprint density at radius 2 is 0.904 bits per heavy atom. The minimum atomic E-state index is -0.619. The van der Waals surface area contributed by atoms with Crippen LogP contribution in [0.15, 0.2) is 182 Å². The lowest BCUT2D eigenvalue weighted by Crippen LogP contribution is -2.34. The van der Waals surface area contributed by atoms with E-state index in [1.165, 1.54) is 0 Å². The van der Waals surface area contributed by atoms with Crippen LogP contribution in [0.1, 0.15) is 27.8 Å². The predicted octanol–water partition coefficient (Wildman–Crippen LogP) is 10.9. The third-order valence-corrected chi connectivity index (χ3v) is 9.68. The van der Waals surface area contributed by atoms with Crippen LogP contribution < -0.4 is 4.74 Å². The quantitative estimate of drug-likeness (QED) is 0.177. The molecule has 5 nitrogen and oxygen atoms in total. The van der Waals surface area contributed by atoms with Gasteiger partial charge in [0.15, 0.2) is 17.5 Å². The number of ether oxygens (including phenoxy) is 1. The zero-order valence-electron chi connectivity index (χ0n) is 28.0. The largest absolute Gasteiger partial charge is 0.457 e. The summed E-state index contributed by atoms with van der Waals surface area (Å²) in [5, 5.41) is 9.59. The molecule has 1 aliphatic rings. The summed E-state index contributed by atoms with van der Waals surface area (Å²) in [5.74, 6) is 3.28. The molecule has 244 valence electrons. The van der Waals surface area contributed by atoms with E-state index in [9.17, 15) is 5.26 Å². The van der Waals surface area contributed by atoms with Crippen molar-refractivity contribution in [3.8, 4) is 62.9 Å². The summed E-state index contributed by atoms with van der Waals surface area (Å²) in [6, 6.07) is 64.0. The average Bonchev–Trinajstić information content (AvgIpc) is 3.23. The Balaban J connectivity index is 1.22. The van der Waals surface area contributed by atoms with Gasteiger partial charge in [-0.15, -0.1) is 0 Å². The molecule has 0 spiro atoms. The van der Waals surface area contributed by atoms with Crippen molar-refractivity contribution in [3.63, 3.8) is 0 Å². The Labute approximate surface area is 302 Å². The molecule has 2 heterocycles. The molecule has 9 rings (SSSR count). The van der Waals surface area contributed by atoms with Gasteiger partial charge in [-0.25, -0.2) is 15.0 Å². The lowest BCUT2D eigenvalue weighted by atomic mass is 9.63. The van der Waals surface area contributed by atoms with E-state index in [1.54, 1.807) is 6.07 Å². The molecule has 0 saturated carbocycles. The highest BCUT2D eigenvalue weighted by molar-refractivity contribution is 5.77. The van der Waals surface area contributed by atoms with Crippen molar-refractivity contribution in [2.45, 2.75) is 5.41 Å². The molecule has 0 N–H and O–H groups in total. The monoisotopic (exact) mass is 666 g/mol. The second-order valence-electron chi connectivity index (χ2n) is 12.7. The van der Waals surface area contributed by atoms with E-state index in [4.69, 9.17) is 19.7 Å². The van der Waals surface area contributed by atoms with Crippen LogP contribution in [0.5, 0.6) is 11.5 Å². The topological polar surface area (TPSA) is 71.7 Å². The average molecular weight is 667 g/mol. The second-order valence-corrected chi connectivity index (χ2v) is 12.7. The summed E-state index contributed by atoms with van der Waals surface area (Å²) < 4.78 is 6.64. The molecule has 1 aromatic heterocycles. The fourth-order valence-electron chi connectivity index (χ4n) is 7.30. The molecule has 1 aliphatic heterocycles.